The molecule has 1 N–H and O–H groups in total. The van der Waals surface area contributed by atoms with Gasteiger partial charge < -0.3 is 10.1 Å². The predicted molar refractivity (Wildman–Crippen MR) is 93.6 cm³/mol. The maximum absolute atomic E-state index is 12.9. The van der Waals surface area contributed by atoms with E-state index in [1.54, 1.807) is 12.1 Å². The molecule has 0 aromatic heterocycles. The number of benzene rings is 2. The standard InChI is InChI=1S/C20H24FNO2/c1-14(15-9-11-16(21)12-10-15)22-19(23)13-24-18-8-6-5-7-17(18)20(2,3)4/h5-12,14H,13H2,1-4H3,(H,22,23)/t14-/m1/s1. The molecule has 0 saturated carbocycles. The van der Waals surface area contributed by atoms with Crippen molar-refractivity contribution in [2.24, 2.45) is 0 Å². The molecule has 0 aliphatic heterocycles. The Bertz CT molecular complexity index is 690. The highest BCUT2D eigenvalue weighted by Gasteiger charge is 2.19. The molecule has 2 aromatic carbocycles. The van der Waals surface area contributed by atoms with Gasteiger partial charge >= 0.3 is 0 Å². The lowest BCUT2D eigenvalue weighted by Crippen LogP contribution is -2.31. The average Bonchev–Trinajstić information content (AvgIpc) is 2.53. The Kier molecular flexibility index (Phi) is 5.60. The highest BCUT2D eigenvalue weighted by Crippen LogP contribution is 2.30. The van der Waals surface area contributed by atoms with Gasteiger partial charge in [0.15, 0.2) is 6.61 Å². The molecular formula is C20H24FNO2. The SMILES string of the molecule is C[C@@H](NC(=O)COc1ccccc1C(C)(C)C)c1ccc(F)cc1. The molecule has 0 bridgehead atoms. The molecule has 3 nitrogen and oxygen atoms in total. The van der Waals surface area contributed by atoms with E-state index in [9.17, 15) is 9.18 Å². The molecule has 4 heteroatoms. The number of para-hydroxylation sites is 1. The molecule has 128 valence electrons. The zero-order chi connectivity index (χ0) is 17.7. The number of nitrogens with one attached hydrogen (secondary N) is 1. The Labute approximate surface area is 142 Å². The summed E-state index contributed by atoms with van der Waals surface area (Å²) in [5.74, 6) is 0.213. The Morgan fingerprint density at radius 3 is 2.38 bits per heavy atom. The van der Waals surface area contributed by atoms with Crippen LogP contribution in [0.2, 0.25) is 0 Å². The number of carbonyl (C=O) groups excluding carboxylic acids is 1. The van der Waals surface area contributed by atoms with Crippen LogP contribution in [0.5, 0.6) is 5.75 Å². The monoisotopic (exact) mass is 329 g/mol. The van der Waals surface area contributed by atoms with Crippen LogP contribution in [0, 0.1) is 5.82 Å². The average molecular weight is 329 g/mol. The summed E-state index contributed by atoms with van der Waals surface area (Å²) in [7, 11) is 0. The second-order valence-electron chi connectivity index (χ2n) is 6.88. The molecule has 0 saturated heterocycles. The first kappa shape index (κ1) is 18.0. The van der Waals surface area contributed by atoms with E-state index in [2.05, 4.69) is 26.1 Å². The van der Waals surface area contributed by atoms with Crippen molar-refractivity contribution < 1.29 is 13.9 Å². The fraction of sp³-hybridized carbons (Fsp3) is 0.350. The van der Waals surface area contributed by atoms with E-state index in [0.717, 1.165) is 16.9 Å². The third-order valence-corrected chi connectivity index (χ3v) is 3.80. The lowest BCUT2D eigenvalue weighted by molar-refractivity contribution is -0.123. The lowest BCUT2D eigenvalue weighted by Gasteiger charge is -2.22. The number of rotatable bonds is 5. The minimum atomic E-state index is -0.292. The maximum Gasteiger partial charge on any atom is 0.258 e. The summed E-state index contributed by atoms with van der Waals surface area (Å²) in [6.45, 7) is 8.11. The smallest absolute Gasteiger partial charge is 0.258 e. The zero-order valence-electron chi connectivity index (χ0n) is 14.6. The minimum Gasteiger partial charge on any atom is -0.483 e. The topological polar surface area (TPSA) is 38.3 Å². The molecular weight excluding hydrogens is 305 g/mol. The van der Waals surface area contributed by atoms with Gasteiger partial charge in [-0.25, -0.2) is 4.39 Å². The van der Waals surface area contributed by atoms with Crippen LogP contribution < -0.4 is 10.1 Å². The molecule has 0 unspecified atom stereocenters. The van der Waals surface area contributed by atoms with Gasteiger partial charge in [-0.1, -0.05) is 51.1 Å². The van der Waals surface area contributed by atoms with Gasteiger partial charge in [-0.2, -0.15) is 0 Å². The summed E-state index contributed by atoms with van der Waals surface area (Å²) in [6, 6.07) is 13.6. The lowest BCUT2D eigenvalue weighted by atomic mass is 9.86. The molecule has 2 rings (SSSR count). The molecule has 0 fully saturated rings. The van der Waals surface area contributed by atoms with E-state index >= 15 is 0 Å². The van der Waals surface area contributed by atoms with Crippen molar-refractivity contribution in [2.45, 2.75) is 39.2 Å². The van der Waals surface area contributed by atoms with Crippen molar-refractivity contribution in [3.63, 3.8) is 0 Å². The molecule has 1 amide bonds. The third kappa shape index (κ3) is 4.82. The van der Waals surface area contributed by atoms with Crippen molar-refractivity contribution in [1.82, 2.24) is 5.32 Å². The largest absolute Gasteiger partial charge is 0.483 e. The van der Waals surface area contributed by atoms with Crippen molar-refractivity contribution in [3.8, 4) is 5.75 Å². The first-order valence-corrected chi connectivity index (χ1v) is 8.04. The number of carbonyl (C=O) groups is 1. The summed E-state index contributed by atoms with van der Waals surface area (Å²) in [6.07, 6.45) is 0. The van der Waals surface area contributed by atoms with Gasteiger partial charge in [-0.3, -0.25) is 4.79 Å². The third-order valence-electron chi connectivity index (χ3n) is 3.80. The van der Waals surface area contributed by atoms with E-state index in [0.29, 0.717) is 0 Å². The Morgan fingerprint density at radius 2 is 1.75 bits per heavy atom. The van der Waals surface area contributed by atoms with Crippen LogP contribution >= 0.6 is 0 Å². The molecule has 2 aromatic rings. The van der Waals surface area contributed by atoms with Crippen LogP contribution in [0.4, 0.5) is 4.39 Å². The quantitative estimate of drug-likeness (QED) is 0.884. The second-order valence-corrected chi connectivity index (χ2v) is 6.88. The highest BCUT2D eigenvalue weighted by atomic mass is 19.1. The van der Waals surface area contributed by atoms with Crippen molar-refractivity contribution in [1.29, 1.82) is 0 Å². The number of hydrogen-bond donors (Lipinski definition) is 1. The van der Waals surface area contributed by atoms with Crippen molar-refractivity contribution >= 4 is 5.91 Å². The zero-order valence-corrected chi connectivity index (χ0v) is 14.6. The van der Waals surface area contributed by atoms with E-state index in [-0.39, 0.29) is 29.8 Å². The van der Waals surface area contributed by atoms with Crippen molar-refractivity contribution in [3.05, 3.63) is 65.5 Å². The molecule has 0 heterocycles. The van der Waals surface area contributed by atoms with Gasteiger partial charge in [0.25, 0.3) is 5.91 Å². The Balaban J connectivity index is 1.95. The molecule has 1 atom stereocenters. The van der Waals surface area contributed by atoms with Gasteiger partial charge in [0.05, 0.1) is 6.04 Å². The molecule has 0 aliphatic rings. The molecule has 24 heavy (non-hydrogen) atoms. The fourth-order valence-electron chi connectivity index (χ4n) is 2.47. The van der Waals surface area contributed by atoms with Gasteiger partial charge in [0, 0.05) is 0 Å². The molecule has 0 radical (unpaired) electrons. The van der Waals surface area contributed by atoms with Crippen LogP contribution in [-0.2, 0) is 10.2 Å². The highest BCUT2D eigenvalue weighted by molar-refractivity contribution is 5.78. The van der Waals surface area contributed by atoms with E-state index < -0.39 is 0 Å². The summed E-state index contributed by atoms with van der Waals surface area (Å²) in [4.78, 5) is 12.1. The van der Waals surface area contributed by atoms with Gasteiger partial charge in [-0.05, 0) is 41.7 Å². The molecule has 0 aliphatic carbocycles. The van der Waals surface area contributed by atoms with Crippen LogP contribution in [0.1, 0.15) is 44.9 Å². The van der Waals surface area contributed by atoms with Crippen LogP contribution in [0.25, 0.3) is 0 Å². The van der Waals surface area contributed by atoms with Crippen LogP contribution in [0.15, 0.2) is 48.5 Å². The maximum atomic E-state index is 12.9. The first-order chi connectivity index (χ1) is 11.3. The van der Waals surface area contributed by atoms with Crippen LogP contribution in [-0.4, -0.2) is 12.5 Å². The Morgan fingerprint density at radius 1 is 1.12 bits per heavy atom. The number of amides is 1. The van der Waals surface area contributed by atoms with Gasteiger partial charge in [-0.15, -0.1) is 0 Å². The number of hydrogen-bond acceptors (Lipinski definition) is 2. The van der Waals surface area contributed by atoms with E-state index in [4.69, 9.17) is 4.74 Å². The summed E-state index contributed by atoms with van der Waals surface area (Å²) in [5, 5.41) is 2.86. The second kappa shape index (κ2) is 7.47. The van der Waals surface area contributed by atoms with E-state index in [1.807, 2.05) is 31.2 Å². The van der Waals surface area contributed by atoms with E-state index in [1.165, 1.54) is 12.1 Å². The molecule has 0 spiro atoms. The first-order valence-electron chi connectivity index (χ1n) is 8.04. The number of ether oxygens (including phenoxy) is 1. The predicted octanol–water partition coefficient (Wildman–Crippen LogP) is 4.38. The minimum absolute atomic E-state index is 0.0569. The van der Waals surface area contributed by atoms with Crippen LogP contribution in [0.3, 0.4) is 0 Å². The Hall–Kier alpha value is -2.36. The summed E-state index contributed by atoms with van der Waals surface area (Å²) in [5.41, 5.74) is 1.85. The normalized spacial score (nSPS) is 12.5. The van der Waals surface area contributed by atoms with Crippen molar-refractivity contribution in [2.75, 3.05) is 6.61 Å². The summed E-state index contributed by atoms with van der Waals surface area (Å²) < 4.78 is 18.7. The van der Waals surface area contributed by atoms with Gasteiger partial charge in [0.1, 0.15) is 11.6 Å². The fourth-order valence-corrected chi connectivity index (χ4v) is 2.47. The summed E-state index contributed by atoms with van der Waals surface area (Å²) >= 11 is 0. The number of halogens is 1. The van der Waals surface area contributed by atoms with Gasteiger partial charge in [0.2, 0.25) is 0 Å².